The molecule has 0 aliphatic heterocycles. The van der Waals surface area contributed by atoms with Gasteiger partial charge in [0.1, 0.15) is 18.9 Å². The molecule has 0 unspecified atom stereocenters. The van der Waals surface area contributed by atoms with E-state index in [4.69, 9.17) is 9.47 Å². The molecule has 0 saturated heterocycles. The zero-order valence-corrected chi connectivity index (χ0v) is 15.0. The molecule has 9 heteroatoms. The van der Waals surface area contributed by atoms with Crippen LogP contribution in [0.5, 0.6) is 5.75 Å². The van der Waals surface area contributed by atoms with Crippen LogP contribution in [0, 0.1) is 0 Å². The van der Waals surface area contributed by atoms with E-state index in [1.165, 1.54) is 31.4 Å². The van der Waals surface area contributed by atoms with Gasteiger partial charge in [-0.25, -0.2) is 0 Å². The van der Waals surface area contributed by atoms with Crippen molar-refractivity contribution in [1.29, 1.82) is 0 Å². The number of carbonyl (C=O) groups is 2. The van der Waals surface area contributed by atoms with Gasteiger partial charge in [0.25, 0.3) is 5.91 Å². The number of hydrogen-bond acceptors (Lipinski definition) is 5. The fraction of sp³-hybridized carbons (Fsp3) is 0.263. The Morgan fingerprint density at radius 1 is 1.04 bits per heavy atom. The number of amides is 1. The highest BCUT2D eigenvalue weighted by Crippen LogP contribution is 2.25. The van der Waals surface area contributed by atoms with Crippen LogP contribution in [0.1, 0.15) is 5.56 Å². The van der Waals surface area contributed by atoms with E-state index in [1.807, 2.05) is 5.32 Å². The maximum absolute atomic E-state index is 13.2. The van der Waals surface area contributed by atoms with Crippen LogP contribution in [-0.2, 0) is 20.9 Å². The first-order valence-corrected chi connectivity index (χ1v) is 8.24. The molecule has 2 aromatic rings. The van der Waals surface area contributed by atoms with Crippen LogP contribution in [-0.4, -0.2) is 37.7 Å². The van der Waals surface area contributed by atoms with Gasteiger partial charge >= 0.3 is 12.1 Å². The summed E-state index contributed by atoms with van der Waals surface area (Å²) in [7, 11) is 1.42. The van der Waals surface area contributed by atoms with Crippen molar-refractivity contribution in [3.63, 3.8) is 0 Å². The smallest absolute Gasteiger partial charge is 0.417 e. The third-order valence-electron chi connectivity index (χ3n) is 3.64. The lowest BCUT2D eigenvalue weighted by molar-refractivity contribution is -0.161. The molecular formula is C19H19F3N2O4. The average Bonchev–Trinajstić information content (AvgIpc) is 2.69. The summed E-state index contributed by atoms with van der Waals surface area (Å²) < 4.78 is 49.5. The topological polar surface area (TPSA) is 76.7 Å². The minimum absolute atomic E-state index is 0.0393. The number of benzene rings is 2. The van der Waals surface area contributed by atoms with Crippen molar-refractivity contribution < 1.29 is 32.2 Å². The summed E-state index contributed by atoms with van der Waals surface area (Å²) in [5.74, 6) is -1.78. The third kappa shape index (κ3) is 6.49. The lowest BCUT2D eigenvalue weighted by atomic mass is 10.2. The van der Waals surface area contributed by atoms with E-state index in [-0.39, 0.29) is 12.3 Å². The highest BCUT2D eigenvalue weighted by atomic mass is 19.4. The van der Waals surface area contributed by atoms with Crippen LogP contribution in [0.15, 0.2) is 54.6 Å². The molecule has 0 fully saturated rings. The Kier molecular flexibility index (Phi) is 7.25. The van der Waals surface area contributed by atoms with Crippen molar-refractivity contribution >= 4 is 17.6 Å². The van der Waals surface area contributed by atoms with Gasteiger partial charge in [-0.2, -0.15) is 13.2 Å². The molecule has 0 aromatic heterocycles. The van der Waals surface area contributed by atoms with Crippen LogP contribution in [0.3, 0.4) is 0 Å². The lowest BCUT2D eigenvalue weighted by Gasteiger charge is -2.22. The monoisotopic (exact) mass is 396 g/mol. The Morgan fingerprint density at radius 2 is 1.68 bits per heavy atom. The number of rotatable bonds is 8. The van der Waals surface area contributed by atoms with Crippen LogP contribution < -0.4 is 15.4 Å². The molecule has 6 nitrogen and oxygen atoms in total. The van der Waals surface area contributed by atoms with Gasteiger partial charge in [-0.05, 0) is 29.8 Å². The van der Waals surface area contributed by atoms with Crippen molar-refractivity contribution in [3.05, 3.63) is 60.2 Å². The number of methoxy groups -OCH3 is 1. The molecule has 0 spiro atoms. The predicted octanol–water partition coefficient (Wildman–Crippen LogP) is 2.90. The van der Waals surface area contributed by atoms with Crippen LogP contribution in [0.4, 0.5) is 18.9 Å². The van der Waals surface area contributed by atoms with Gasteiger partial charge in [-0.3, -0.25) is 9.59 Å². The van der Waals surface area contributed by atoms with Crippen molar-refractivity contribution in [3.8, 4) is 5.75 Å². The Morgan fingerprint density at radius 3 is 2.25 bits per heavy atom. The predicted molar refractivity (Wildman–Crippen MR) is 95.7 cm³/mol. The first-order valence-electron chi connectivity index (χ1n) is 8.24. The fourth-order valence-electron chi connectivity index (χ4n) is 2.20. The number of esters is 1. The van der Waals surface area contributed by atoms with Crippen LogP contribution in [0.25, 0.3) is 0 Å². The third-order valence-corrected chi connectivity index (χ3v) is 3.64. The highest BCUT2D eigenvalue weighted by molar-refractivity contribution is 5.88. The van der Waals surface area contributed by atoms with Gasteiger partial charge in [0.05, 0.1) is 7.11 Å². The zero-order valence-electron chi connectivity index (χ0n) is 15.0. The second-order valence-corrected chi connectivity index (χ2v) is 5.71. The van der Waals surface area contributed by atoms with E-state index in [2.05, 4.69) is 5.32 Å². The summed E-state index contributed by atoms with van der Waals surface area (Å²) in [6.07, 6.45) is -4.86. The molecule has 2 N–H and O–H groups in total. The molecule has 150 valence electrons. The molecule has 0 aliphatic carbocycles. The minimum atomic E-state index is -4.86. The van der Waals surface area contributed by atoms with Crippen LogP contribution in [0.2, 0.25) is 0 Å². The van der Waals surface area contributed by atoms with Gasteiger partial charge in [0, 0.05) is 5.69 Å². The standard InChI is InChI=1S/C19H19F3N2O4/c1-27-15-9-7-14(8-10-15)24-17(19(20,21)22)18(26)23-11-16(25)28-12-13-5-3-2-4-6-13/h2-10,17,24H,11-12H2,1H3,(H,23,26)/t17-/m1/s1. The summed E-state index contributed by atoms with van der Waals surface area (Å²) in [6, 6.07) is 11.8. The average molecular weight is 396 g/mol. The molecule has 0 radical (unpaired) electrons. The van der Waals surface area contributed by atoms with Gasteiger partial charge in [-0.1, -0.05) is 30.3 Å². The number of halogens is 3. The molecule has 0 bridgehead atoms. The maximum atomic E-state index is 13.2. The Labute approximate surface area is 159 Å². The van der Waals surface area contributed by atoms with Gasteiger partial charge in [0.15, 0.2) is 0 Å². The summed E-state index contributed by atoms with van der Waals surface area (Å²) in [5, 5.41) is 4.05. The zero-order chi connectivity index (χ0) is 20.6. The number of hydrogen-bond donors (Lipinski definition) is 2. The van der Waals surface area contributed by atoms with Crippen molar-refractivity contribution in [1.82, 2.24) is 5.32 Å². The Hall–Kier alpha value is -3.23. The van der Waals surface area contributed by atoms with Gasteiger partial charge < -0.3 is 20.1 Å². The quantitative estimate of drug-likeness (QED) is 0.671. The minimum Gasteiger partial charge on any atom is -0.497 e. The lowest BCUT2D eigenvalue weighted by Crippen LogP contribution is -2.50. The van der Waals surface area contributed by atoms with E-state index >= 15 is 0 Å². The number of ether oxygens (including phenoxy) is 2. The van der Waals surface area contributed by atoms with E-state index < -0.39 is 30.6 Å². The van der Waals surface area contributed by atoms with E-state index in [0.717, 1.165) is 5.56 Å². The molecule has 0 heterocycles. The molecule has 1 amide bonds. The summed E-state index contributed by atoms with van der Waals surface area (Å²) in [4.78, 5) is 23.6. The number of nitrogens with one attached hydrogen (secondary N) is 2. The second kappa shape index (κ2) is 9.63. The second-order valence-electron chi connectivity index (χ2n) is 5.71. The largest absolute Gasteiger partial charge is 0.497 e. The van der Waals surface area contributed by atoms with Crippen molar-refractivity contribution in [2.75, 3.05) is 19.0 Å². The molecular weight excluding hydrogens is 377 g/mol. The van der Waals surface area contributed by atoms with Crippen molar-refractivity contribution in [2.24, 2.45) is 0 Å². The molecule has 28 heavy (non-hydrogen) atoms. The van der Waals surface area contributed by atoms with E-state index in [0.29, 0.717) is 5.75 Å². The highest BCUT2D eigenvalue weighted by Gasteiger charge is 2.45. The molecule has 0 saturated carbocycles. The molecule has 2 aromatic carbocycles. The molecule has 1 atom stereocenters. The first kappa shape index (κ1) is 21.1. The summed E-state index contributed by atoms with van der Waals surface area (Å²) in [5.41, 5.74) is 0.793. The first-order chi connectivity index (χ1) is 13.3. The Bertz CT molecular complexity index is 780. The maximum Gasteiger partial charge on any atom is 0.417 e. The summed E-state index contributed by atoms with van der Waals surface area (Å²) in [6.45, 7) is -0.717. The number of carbonyl (C=O) groups excluding carboxylic acids is 2. The van der Waals surface area contributed by atoms with Gasteiger partial charge in [0.2, 0.25) is 6.04 Å². The van der Waals surface area contributed by atoms with E-state index in [1.54, 1.807) is 30.3 Å². The Balaban J connectivity index is 1.90. The van der Waals surface area contributed by atoms with Crippen LogP contribution >= 0.6 is 0 Å². The number of alkyl halides is 3. The molecule has 2 rings (SSSR count). The van der Waals surface area contributed by atoms with Crippen molar-refractivity contribution in [2.45, 2.75) is 18.8 Å². The SMILES string of the molecule is COc1ccc(N[C@H](C(=O)NCC(=O)OCc2ccccc2)C(F)(F)F)cc1. The fourth-order valence-corrected chi connectivity index (χ4v) is 2.20. The van der Waals surface area contributed by atoms with Gasteiger partial charge in [-0.15, -0.1) is 0 Å². The van der Waals surface area contributed by atoms with E-state index in [9.17, 15) is 22.8 Å². The number of anilines is 1. The summed E-state index contributed by atoms with van der Waals surface area (Å²) >= 11 is 0. The molecule has 0 aliphatic rings. The normalized spacial score (nSPS) is 12.0.